The predicted octanol–water partition coefficient (Wildman–Crippen LogP) is 0.640. The Hall–Kier alpha value is -0.210. The molecule has 1 rings (SSSR count). The minimum absolute atomic E-state index is 0.329. The third kappa shape index (κ3) is 0.640. The highest BCUT2D eigenvalue weighted by atomic mass is 35.5. The highest BCUT2D eigenvalue weighted by Crippen LogP contribution is 2.06. The highest BCUT2D eigenvalue weighted by molar-refractivity contribution is 6.28. The Bertz CT molecular complexity index is 80.9. The van der Waals surface area contributed by atoms with Crippen LogP contribution in [0.3, 0.4) is 0 Å². The topological polar surface area (TPSA) is 21.3 Å². The fourth-order valence-electron chi connectivity index (χ4n) is 0.194. The number of hydrogen-bond acceptors (Lipinski definition) is 2. The summed E-state index contributed by atoms with van der Waals surface area (Å²) >= 11 is 5.23. The van der Waals surface area contributed by atoms with E-state index in [2.05, 4.69) is 16.9 Å². The second-order valence-electron chi connectivity index (χ2n) is 0.797. The van der Waals surface area contributed by atoms with Gasteiger partial charge < -0.3 is 4.84 Å². The van der Waals surface area contributed by atoms with Crippen molar-refractivity contribution in [3.63, 3.8) is 0 Å². The molecule has 0 saturated carbocycles. The van der Waals surface area contributed by atoms with E-state index in [0.717, 1.165) is 0 Å². The number of rotatable bonds is 0. The zero-order chi connectivity index (χ0) is 4.41. The van der Waals surface area contributed by atoms with E-state index in [1.54, 1.807) is 0 Å². The Morgan fingerprint density at radius 1 is 2.00 bits per heavy atom. The largest absolute Gasteiger partial charge is 0.396 e. The summed E-state index contributed by atoms with van der Waals surface area (Å²) in [7, 11) is 0. The van der Waals surface area contributed by atoms with Crippen molar-refractivity contribution in [1.29, 1.82) is 0 Å². The molecule has 0 bridgehead atoms. The highest BCUT2D eigenvalue weighted by Gasteiger charge is 1.98. The van der Waals surface area contributed by atoms with E-state index in [4.69, 9.17) is 11.6 Å². The molecule has 6 heavy (non-hydrogen) atoms. The summed E-state index contributed by atoms with van der Waals surface area (Å²) in [6, 6.07) is 0. The minimum atomic E-state index is 0.329. The van der Waals surface area contributed by atoms with E-state index in [1.807, 2.05) is 0 Å². The van der Waals surface area contributed by atoms with Crippen LogP contribution in [0.15, 0.2) is 11.3 Å². The quantitative estimate of drug-likeness (QED) is 0.486. The molecule has 1 heterocycles. The number of nitrogens with one attached hydrogen (secondary N) is 1. The van der Waals surface area contributed by atoms with Crippen molar-refractivity contribution in [3.05, 3.63) is 17.8 Å². The maximum Gasteiger partial charge on any atom is 0.211 e. The maximum atomic E-state index is 5.23. The van der Waals surface area contributed by atoms with Crippen LogP contribution in [0, 0.1) is 6.54 Å². The third-order valence-electron chi connectivity index (χ3n) is 0.393. The summed E-state index contributed by atoms with van der Waals surface area (Å²) in [6.45, 7) is 2.51. The molecule has 0 aromatic rings. The lowest BCUT2D eigenvalue weighted by Gasteiger charge is -1.87. The first-order chi connectivity index (χ1) is 2.89. The molecule has 0 saturated heterocycles. The molecule has 2 radical (unpaired) electrons. The summed E-state index contributed by atoms with van der Waals surface area (Å²) in [4.78, 5) is 4.42. The summed E-state index contributed by atoms with van der Waals surface area (Å²) in [5, 5.41) is 0.329. The van der Waals surface area contributed by atoms with Crippen LogP contribution < -0.4 is 5.48 Å². The standard InChI is InChI=1S/C3H2ClNO/c4-3-1-2-5-6-3/h1,5H. The first-order valence-electron chi connectivity index (χ1n) is 1.42. The molecule has 0 spiro atoms. The number of hydrogen-bond donors (Lipinski definition) is 1. The lowest BCUT2D eigenvalue weighted by molar-refractivity contribution is 0.172. The smallest absolute Gasteiger partial charge is 0.211 e. The molecule has 0 atom stereocenters. The Kier molecular flexibility index (Phi) is 0.986. The molecule has 32 valence electrons. The third-order valence-corrected chi connectivity index (χ3v) is 0.579. The van der Waals surface area contributed by atoms with Crippen LogP contribution in [-0.4, -0.2) is 0 Å². The molecule has 0 aliphatic carbocycles. The van der Waals surface area contributed by atoms with Gasteiger partial charge in [-0.2, -0.15) is 0 Å². The number of halogens is 1. The van der Waals surface area contributed by atoms with Gasteiger partial charge >= 0.3 is 0 Å². The fraction of sp³-hybridized carbons (Fsp3) is 0. The van der Waals surface area contributed by atoms with Gasteiger partial charge in [-0.3, -0.25) is 0 Å². The molecule has 1 aliphatic heterocycles. The van der Waals surface area contributed by atoms with Crippen LogP contribution in [0.5, 0.6) is 0 Å². The van der Waals surface area contributed by atoms with Crippen molar-refractivity contribution < 1.29 is 4.84 Å². The monoisotopic (exact) mass is 103 g/mol. The van der Waals surface area contributed by atoms with Gasteiger partial charge in [0.25, 0.3) is 0 Å². The predicted molar refractivity (Wildman–Crippen MR) is 21.4 cm³/mol. The van der Waals surface area contributed by atoms with Crippen molar-refractivity contribution in [3.8, 4) is 0 Å². The van der Waals surface area contributed by atoms with Crippen LogP contribution >= 0.6 is 11.6 Å². The molecule has 0 amide bonds. The van der Waals surface area contributed by atoms with Gasteiger partial charge in [-0.1, -0.05) is 0 Å². The Balaban J connectivity index is 2.45. The normalized spacial score (nSPS) is 19.8. The van der Waals surface area contributed by atoms with Crippen molar-refractivity contribution >= 4 is 11.6 Å². The molecule has 0 aromatic heterocycles. The SMILES string of the molecule is ClC1=C[C]NO1. The molecule has 1 aliphatic rings. The lowest BCUT2D eigenvalue weighted by Crippen LogP contribution is -1.97. The van der Waals surface area contributed by atoms with Gasteiger partial charge in [0.1, 0.15) is 6.54 Å². The molecular formula is C3H2ClNO. The summed E-state index contributed by atoms with van der Waals surface area (Å²) < 4.78 is 0. The van der Waals surface area contributed by atoms with Gasteiger partial charge in [0.15, 0.2) is 0 Å². The van der Waals surface area contributed by atoms with Crippen LogP contribution in [0.25, 0.3) is 0 Å². The molecule has 0 unspecified atom stereocenters. The summed E-state index contributed by atoms with van der Waals surface area (Å²) in [6.07, 6.45) is 1.50. The van der Waals surface area contributed by atoms with Crippen LogP contribution in [0.2, 0.25) is 0 Å². The fourth-order valence-corrected chi connectivity index (χ4v) is 0.287. The van der Waals surface area contributed by atoms with Gasteiger partial charge in [0.2, 0.25) is 5.22 Å². The van der Waals surface area contributed by atoms with E-state index in [9.17, 15) is 0 Å². The average Bonchev–Trinajstić information content (AvgIpc) is 1.86. The summed E-state index contributed by atoms with van der Waals surface area (Å²) in [5.74, 6) is 0. The van der Waals surface area contributed by atoms with Crippen LogP contribution in [0.4, 0.5) is 0 Å². The Morgan fingerprint density at radius 3 is 3.00 bits per heavy atom. The van der Waals surface area contributed by atoms with E-state index >= 15 is 0 Å². The van der Waals surface area contributed by atoms with Crippen molar-refractivity contribution in [2.45, 2.75) is 0 Å². The summed E-state index contributed by atoms with van der Waals surface area (Å²) in [5.41, 5.74) is 2.30. The molecule has 1 N–H and O–H groups in total. The van der Waals surface area contributed by atoms with Gasteiger partial charge in [0.05, 0.1) is 0 Å². The maximum absolute atomic E-state index is 5.23. The van der Waals surface area contributed by atoms with Gasteiger partial charge in [-0.25, -0.2) is 0 Å². The molecule has 0 aromatic carbocycles. The number of hydroxylamine groups is 1. The van der Waals surface area contributed by atoms with Crippen molar-refractivity contribution in [2.75, 3.05) is 0 Å². The van der Waals surface area contributed by atoms with Gasteiger partial charge in [-0.05, 0) is 11.6 Å². The van der Waals surface area contributed by atoms with E-state index in [0.29, 0.717) is 5.22 Å². The van der Waals surface area contributed by atoms with Crippen molar-refractivity contribution in [2.24, 2.45) is 0 Å². The minimum Gasteiger partial charge on any atom is -0.396 e. The van der Waals surface area contributed by atoms with E-state index in [-0.39, 0.29) is 0 Å². The second kappa shape index (κ2) is 1.49. The Labute approximate surface area is 40.7 Å². The van der Waals surface area contributed by atoms with Crippen LogP contribution in [0.1, 0.15) is 0 Å². The molecule has 0 fully saturated rings. The van der Waals surface area contributed by atoms with Crippen molar-refractivity contribution in [1.82, 2.24) is 5.48 Å². The zero-order valence-electron chi connectivity index (χ0n) is 2.86. The molecule has 3 heteroatoms. The van der Waals surface area contributed by atoms with Crippen LogP contribution in [-0.2, 0) is 4.84 Å². The zero-order valence-corrected chi connectivity index (χ0v) is 3.62. The average molecular weight is 104 g/mol. The lowest BCUT2D eigenvalue weighted by atomic mass is 10.7. The van der Waals surface area contributed by atoms with E-state index in [1.165, 1.54) is 6.08 Å². The van der Waals surface area contributed by atoms with E-state index < -0.39 is 0 Å². The molecule has 2 nitrogen and oxygen atoms in total. The Morgan fingerprint density at radius 2 is 2.83 bits per heavy atom. The van der Waals surface area contributed by atoms with Gasteiger partial charge in [0, 0.05) is 6.08 Å². The van der Waals surface area contributed by atoms with Gasteiger partial charge in [-0.15, -0.1) is 5.48 Å². The second-order valence-corrected chi connectivity index (χ2v) is 1.17. The first-order valence-corrected chi connectivity index (χ1v) is 1.80. The first kappa shape index (κ1) is 3.96. The molecular weight excluding hydrogens is 101 g/mol.